The Morgan fingerprint density at radius 3 is 3.00 bits per heavy atom. The van der Waals surface area contributed by atoms with Crippen molar-refractivity contribution < 1.29 is 13.9 Å². The molecule has 1 aromatic carbocycles. The second-order valence-electron chi connectivity index (χ2n) is 5.67. The van der Waals surface area contributed by atoms with Gasteiger partial charge in [0.1, 0.15) is 5.52 Å². The van der Waals surface area contributed by atoms with E-state index in [0.29, 0.717) is 11.9 Å². The number of carbonyl (C=O) groups excluding carboxylic acids is 1. The summed E-state index contributed by atoms with van der Waals surface area (Å²) in [6.45, 7) is 2.27. The van der Waals surface area contributed by atoms with E-state index < -0.39 is 0 Å². The van der Waals surface area contributed by atoms with Crippen molar-refractivity contribution in [1.29, 1.82) is 0 Å². The Morgan fingerprint density at radius 1 is 1.33 bits per heavy atom. The van der Waals surface area contributed by atoms with E-state index in [9.17, 15) is 4.79 Å². The van der Waals surface area contributed by atoms with Crippen LogP contribution in [0.1, 0.15) is 13.3 Å². The van der Waals surface area contributed by atoms with Crippen molar-refractivity contribution in [3.63, 3.8) is 0 Å². The van der Waals surface area contributed by atoms with Gasteiger partial charge in [0.15, 0.2) is 5.58 Å². The fourth-order valence-corrected chi connectivity index (χ4v) is 3.39. The van der Waals surface area contributed by atoms with Crippen LogP contribution < -0.4 is 10.6 Å². The van der Waals surface area contributed by atoms with Gasteiger partial charge in [0, 0.05) is 19.4 Å². The minimum atomic E-state index is -0.0432. The number of nitrogens with zero attached hydrogens (tertiary/aromatic N) is 1. The first-order chi connectivity index (χ1) is 10.2. The van der Waals surface area contributed by atoms with E-state index in [-0.39, 0.29) is 24.1 Å². The van der Waals surface area contributed by atoms with Gasteiger partial charge in [-0.15, -0.1) is 0 Å². The molecule has 2 heterocycles. The van der Waals surface area contributed by atoms with Gasteiger partial charge in [-0.25, -0.2) is 0 Å². The van der Waals surface area contributed by atoms with Crippen LogP contribution in [-0.2, 0) is 9.53 Å². The number of aromatic nitrogens is 1. The number of nitrogens with one attached hydrogen (secondary N) is 2. The van der Waals surface area contributed by atoms with E-state index in [2.05, 4.69) is 15.6 Å². The summed E-state index contributed by atoms with van der Waals surface area (Å²) in [6.07, 6.45) is 1.11. The van der Waals surface area contributed by atoms with Gasteiger partial charge in [0.25, 0.3) is 6.01 Å². The molecule has 0 radical (unpaired) electrons. The average molecular weight is 287 g/mol. The number of carbonyl (C=O) groups is 1. The zero-order valence-corrected chi connectivity index (χ0v) is 11.7. The Hall–Kier alpha value is -2.08. The minimum absolute atomic E-state index is 0.0231. The van der Waals surface area contributed by atoms with E-state index in [1.54, 1.807) is 0 Å². The molecular formula is C15H17N3O3. The van der Waals surface area contributed by atoms with Crippen LogP contribution in [0, 0.1) is 5.92 Å². The lowest BCUT2D eigenvalue weighted by Gasteiger charge is -2.47. The molecule has 6 nitrogen and oxygen atoms in total. The second kappa shape index (κ2) is 4.73. The predicted molar refractivity (Wildman–Crippen MR) is 76.9 cm³/mol. The number of anilines is 1. The summed E-state index contributed by atoms with van der Waals surface area (Å²) in [4.78, 5) is 15.8. The zero-order chi connectivity index (χ0) is 14.4. The molecule has 1 saturated heterocycles. The Balaban J connectivity index is 1.55. The van der Waals surface area contributed by atoms with Crippen molar-refractivity contribution in [1.82, 2.24) is 10.3 Å². The second-order valence-corrected chi connectivity index (χ2v) is 5.67. The van der Waals surface area contributed by atoms with Gasteiger partial charge in [-0.1, -0.05) is 12.1 Å². The maximum atomic E-state index is 11.3. The molecule has 0 spiro atoms. The first kappa shape index (κ1) is 12.6. The van der Waals surface area contributed by atoms with E-state index >= 15 is 0 Å². The summed E-state index contributed by atoms with van der Waals surface area (Å²) in [5.41, 5.74) is 1.59. The van der Waals surface area contributed by atoms with Crippen LogP contribution in [-0.4, -0.2) is 35.7 Å². The highest BCUT2D eigenvalue weighted by molar-refractivity contribution is 5.75. The highest BCUT2D eigenvalue weighted by atomic mass is 16.5. The number of hydrogen-bond donors (Lipinski definition) is 2. The summed E-state index contributed by atoms with van der Waals surface area (Å²) in [7, 11) is 0. The number of fused-ring (bicyclic) bond motifs is 2. The maximum Gasteiger partial charge on any atom is 0.295 e. The number of amides is 1. The van der Waals surface area contributed by atoms with Crippen LogP contribution >= 0.6 is 0 Å². The largest absolute Gasteiger partial charge is 0.424 e. The van der Waals surface area contributed by atoms with Crippen molar-refractivity contribution in [2.24, 2.45) is 5.92 Å². The molecule has 1 aliphatic heterocycles. The molecule has 2 aliphatic rings. The standard InChI is InChI=1S/C15H17N3O3/c1-8(19)16-13-12(9-6-7-20-14(9)13)18-15-17-10-4-2-3-5-11(10)21-15/h2-5,9,12-14H,6-7H2,1H3,(H,16,19)(H,17,18)/t9-,12+,13-,14-/m1/s1. The number of ether oxygens (including phenoxy) is 1. The van der Waals surface area contributed by atoms with E-state index in [0.717, 1.165) is 24.1 Å². The van der Waals surface area contributed by atoms with Crippen LogP contribution in [0.4, 0.5) is 6.01 Å². The summed E-state index contributed by atoms with van der Waals surface area (Å²) in [6, 6.07) is 8.24. The topological polar surface area (TPSA) is 76.4 Å². The lowest BCUT2D eigenvalue weighted by atomic mass is 9.71. The third-order valence-corrected chi connectivity index (χ3v) is 4.34. The Kier molecular flexibility index (Phi) is 2.85. The monoisotopic (exact) mass is 287 g/mol. The summed E-state index contributed by atoms with van der Waals surface area (Å²) < 4.78 is 11.4. The minimum Gasteiger partial charge on any atom is -0.424 e. The van der Waals surface area contributed by atoms with E-state index in [1.807, 2.05) is 24.3 Å². The van der Waals surface area contributed by atoms with Gasteiger partial charge in [0.2, 0.25) is 5.91 Å². The molecule has 6 heteroatoms. The van der Waals surface area contributed by atoms with Crippen LogP contribution in [0.2, 0.25) is 0 Å². The fraction of sp³-hybridized carbons (Fsp3) is 0.467. The maximum absolute atomic E-state index is 11.3. The van der Waals surface area contributed by atoms with Crippen molar-refractivity contribution in [3.8, 4) is 0 Å². The highest BCUT2D eigenvalue weighted by Crippen LogP contribution is 2.40. The molecule has 21 heavy (non-hydrogen) atoms. The number of hydrogen-bond acceptors (Lipinski definition) is 5. The van der Waals surface area contributed by atoms with Gasteiger partial charge < -0.3 is 19.8 Å². The van der Waals surface area contributed by atoms with Gasteiger partial charge >= 0.3 is 0 Å². The van der Waals surface area contributed by atoms with Crippen molar-refractivity contribution in [3.05, 3.63) is 24.3 Å². The normalized spacial score (nSPS) is 30.7. The first-order valence-corrected chi connectivity index (χ1v) is 7.23. The molecule has 1 aliphatic carbocycles. The van der Waals surface area contributed by atoms with Crippen molar-refractivity contribution in [2.75, 3.05) is 11.9 Å². The summed E-state index contributed by atoms with van der Waals surface area (Å²) in [5.74, 6) is 0.357. The Labute approximate surface area is 121 Å². The Bertz CT molecular complexity index is 651. The summed E-state index contributed by atoms with van der Waals surface area (Å²) >= 11 is 0. The van der Waals surface area contributed by atoms with E-state index in [4.69, 9.17) is 9.15 Å². The molecule has 1 amide bonds. The lowest BCUT2D eigenvalue weighted by Crippen LogP contribution is -2.67. The molecule has 0 bridgehead atoms. The number of rotatable bonds is 3. The molecule has 1 aromatic heterocycles. The third-order valence-electron chi connectivity index (χ3n) is 4.34. The molecular weight excluding hydrogens is 270 g/mol. The molecule has 2 N–H and O–H groups in total. The average Bonchev–Trinajstić information content (AvgIpc) is 3.06. The smallest absolute Gasteiger partial charge is 0.295 e. The molecule has 110 valence electrons. The molecule has 1 saturated carbocycles. The fourth-order valence-electron chi connectivity index (χ4n) is 3.39. The van der Waals surface area contributed by atoms with E-state index in [1.165, 1.54) is 6.92 Å². The summed E-state index contributed by atoms with van der Waals surface area (Å²) in [5, 5.41) is 6.28. The van der Waals surface area contributed by atoms with Crippen LogP contribution in [0.5, 0.6) is 0 Å². The van der Waals surface area contributed by atoms with Gasteiger partial charge in [0.05, 0.1) is 18.2 Å². The molecule has 2 aromatic rings. The van der Waals surface area contributed by atoms with Crippen molar-refractivity contribution in [2.45, 2.75) is 31.5 Å². The zero-order valence-electron chi connectivity index (χ0n) is 11.7. The number of oxazole rings is 1. The molecule has 0 unspecified atom stereocenters. The number of benzene rings is 1. The number of para-hydroxylation sites is 2. The highest BCUT2D eigenvalue weighted by Gasteiger charge is 2.54. The third kappa shape index (κ3) is 2.06. The van der Waals surface area contributed by atoms with Crippen molar-refractivity contribution >= 4 is 23.0 Å². The molecule has 2 fully saturated rings. The van der Waals surface area contributed by atoms with Gasteiger partial charge in [-0.2, -0.15) is 4.98 Å². The van der Waals surface area contributed by atoms with Crippen LogP contribution in [0.25, 0.3) is 11.1 Å². The SMILES string of the molecule is CC(=O)N[C@@H]1[C@@H](Nc2nc3ccccc3o2)[C@H]2CCO[C@H]21. The van der Waals surface area contributed by atoms with Crippen LogP contribution in [0.15, 0.2) is 28.7 Å². The molecule has 4 rings (SSSR count). The lowest BCUT2D eigenvalue weighted by molar-refractivity contribution is -0.123. The van der Waals surface area contributed by atoms with Gasteiger partial charge in [-0.3, -0.25) is 4.79 Å². The quantitative estimate of drug-likeness (QED) is 0.895. The molecule has 4 atom stereocenters. The predicted octanol–water partition coefficient (Wildman–Crippen LogP) is 1.53. The Morgan fingerprint density at radius 2 is 2.19 bits per heavy atom. The van der Waals surface area contributed by atoms with Crippen LogP contribution in [0.3, 0.4) is 0 Å². The van der Waals surface area contributed by atoms with Gasteiger partial charge in [-0.05, 0) is 18.6 Å². The first-order valence-electron chi connectivity index (χ1n) is 7.23.